The zero-order chi connectivity index (χ0) is 14.7. The first kappa shape index (κ1) is 15.0. The van der Waals surface area contributed by atoms with Crippen molar-refractivity contribution in [2.24, 2.45) is 0 Å². The van der Waals surface area contributed by atoms with Crippen molar-refractivity contribution in [1.29, 1.82) is 0 Å². The Bertz CT molecular complexity index is 600. The summed E-state index contributed by atoms with van der Waals surface area (Å²) >= 11 is 4.93. The van der Waals surface area contributed by atoms with E-state index in [4.69, 9.17) is 0 Å². The van der Waals surface area contributed by atoms with E-state index in [1.807, 2.05) is 28.9 Å². The van der Waals surface area contributed by atoms with Crippen LogP contribution in [-0.4, -0.2) is 31.1 Å². The lowest BCUT2D eigenvalue weighted by atomic mass is 10.1. The predicted octanol–water partition coefficient (Wildman–Crippen LogP) is 3.38. The summed E-state index contributed by atoms with van der Waals surface area (Å²) in [5.74, 6) is 0.545. The summed E-state index contributed by atoms with van der Waals surface area (Å²) in [5.41, 5.74) is 0.900. The van der Waals surface area contributed by atoms with Gasteiger partial charge in [0.05, 0.1) is 12.1 Å². The van der Waals surface area contributed by atoms with Gasteiger partial charge in [-0.15, -0.1) is 5.10 Å². The SMILES string of the molecule is O[C@@H](CSc1nnnn1C1CCCC1)c1cccc(Br)c1. The molecule has 3 rings (SSSR count). The average molecular weight is 369 g/mol. The molecule has 0 unspecified atom stereocenters. The van der Waals surface area contributed by atoms with Gasteiger partial charge in [0.1, 0.15) is 0 Å². The minimum atomic E-state index is -0.527. The Hall–Kier alpha value is -0.920. The molecule has 0 aliphatic heterocycles. The number of aliphatic hydroxyl groups excluding tert-OH is 1. The van der Waals surface area contributed by atoms with Crippen LogP contribution in [0.3, 0.4) is 0 Å². The molecule has 5 nitrogen and oxygen atoms in total. The first-order valence-electron chi connectivity index (χ1n) is 7.08. The highest BCUT2D eigenvalue weighted by molar-refractivity contribution is 9.10. The lowest BCUT2D eigenvalue weighted by molar-refractivity contribution is 0.204. The molecule has 1 atom stereocenters. The Morgan fingerprint density at radius 1 is 1.38 bits per heavy atom. The highest BCUT2D eigenvalue weighted by atomic mass is 79.9. The summed E-state index contributed by atoms with van der Waals surface area (Å²) in [7, 11) is 0. The van der Waals surface area contributed by atoms with Gasteiger partial charge in [0.25, 0.3) is 0 Å². The summed E-state index contributed by atoms with van der Waals surface area (Å²) in [5, 5.41) is 23.1. The van der Waals surface area contributed by atoms with Gasteiger partial charge in [-0.2, -0.15) is 0 Å². The Morgan fingerprint density at radius 2 is 2.19 bits per heavy atom. The van der Waals surface area contributed by atoms with Crippen molar-refractivity contribution in [3.63, 3.8) is 0 Å². The van der Waals surface area contributed by atoms with Crippen LogP contribution in [0.2, 0.25) is 0 Å². The monoisotopic (exact) mass is 368 g/mol. The van der Waals surface area contributed by atoms with Crippen LogP contribution in [0, 0.1) is 0 Å². The Balaban J connectivity index is 1.64. The van der Waals surface area contributed by atoms with Gasteiger partial charge in [0.15, 0.2) is 0 Å². The molecule has 1 aliphatic rings. The average Bonchev–Trinajstić information content (AvgIpc) is 3.15. The van der Waals surface area contributed by atoms with Gasteiger partial charge >= 0.3 is 0 Å². The van der Waals surface area contributed by atoms with E-state index in [-0.39, 0.29) is 0 Å². The molecule has 1 heterocycles. The van der Waals surface area contributed by atoms with Gasteiger partial charge in [-0.05, 0) is 41.0 Å². The highest BCUT2D eigenvalue weighted by Gasteiger charge is 2.22. The molecule has 0 amide bonds. The fourth-order valence-electron chi connectivity index (χ4n) is 2.62. The van der Waals surface area contributed by atoms with Crippen molar-refractivity contribution in [2.75, 3.05) is 5.75 Å². The smallest absolute Gasteiger partial charge is 0.209 e. The number of tetrazole rings is 1. The Labute approximate surface area is 136 Å². The first-order valence-corrected chi connectivity index (χ1v) is 8.86. The van der Waals surface area contributed by atoms with E-state index in [1.54, 1.807) is 0 Å². The maximum Gasteiger partial charge on any atom is 0.209 e. The van der Waals surface area contributed by atoms with Crippen molar-refractivity contribution in [2.45, 2.75) is 43.0 Å². The van der Waals surface area contributed by atoms with E-state index in [1.165, 1.54) is 24.6 Å². The molecule has 21 heavy (non-hydrogen) atoms. The van der Waals surface area contributed by atoms with E-state index in [0.29, 0.717) is 11.8 Å². The minimum absolute atomic E-state index is 0.422. The molecule has 0 radical (unpaired) electrons. The number of hydrogen-bond donors (Lipinski definition) is 1. The number of aromatic nitrogens is 4. The second-order valence-corrected chi connectivity index (χ2v) is 7.13. The van der Waals surface area contributed by atoms with E-state index in [0.717, 1.165) is 28.0 Å². The van der Waals surface area contributed by atoms with Crippen LogP contribution < -0.4 is 0 Å². The Morgan fingerprint density at radius 3 is 2.95 bits per heavy atom. The normalized spacial score (nSPS) is 17.2. The first-order chi connectivity index (χ1) is 10.2. The molecule has 1 saturated carbocycles. The largest absolute Gasteiger partial charge is 0.388 e. The molecule has 112 valence electrons. The molecule has 0 bridgehead atoms. The lowest BCUT2D eigenvalue weighted by Crippen LogP contribution is -2.09. The van der Waals surface area contributed by atoms with E-state index in [2.05, 4.69) is 31.5 Å². The zero-order valence-electron chi connectivity index (χ0n) is 11.5. The summed E-state index contributed by atoms with van der Waals surface area (Å²) in [6.07, 6.45) is 4.26. The molecular formula is C14H17BrN4OS. The minimum Gasteiger partial charge on any atom is -0.388 e. The second-order valence-electron chi connectivity index (χ2n) is 5.23. The van der Waals surface area contributed by atoms with Crippen LogP contribution >= 0.6 is 27.7 Å². The third-order valence-corrected chi connectivity index (χ3v) is 5.24. The van der Waals surface area contributed by atoms with Crippen LogP contribution in [0.5, 0.6) is 0 Å². The third kappa shape index (κ3) is 3.64. The van der Waals surface area contributed by atoms with Gasteiger partial charge in [0.2, 0.25) is 5.16 Å². The van der Waals surface area contributed by atoms with Crippen molar-refractivity contribution in [1.82, 2.24) is 20.2 Å². The van der Waals surface area contributed by atoms with E-state index >= 15 is 0 Å². The van der Waals surface area contributed by atoms with Gasteiger partial charge in [-0.3, -0.25) is 0 Å². The fraction of sp³-hybridized carbons (Fsp3) is 0.500. The van der Waals surface area contributed by atoms with Crippen LogP contribution in [0.4, 0.5) is 0 Å². The standard InChI is InChI=1S/C14H17BrN4OS/c15-11-5-3-4-10(8-11)13(20)9-21-14-16-17-18-19(14)12-6-1-2-7-12/h3-5,8,12-13,20H,1-2,6-7,9H2/t13-/m0/s1. The molecule has 0 spiro atoms. The lowest BCUT2D eigenvalue weighted by Gasteiger charge is -2.13. The number of nitrogens with zero attached hydrogens (tertiary/aromatic N) is 4. The van der Waals surface area contributed by atoms with Gasteiger partial charge in [-0.1, -0.05) is 52.7 Å². The number of aliphatic hydroxyl groups is 1. The molecule has 2 aromatic rings. The quantitative estimate of drug-likeness (QED) is 0.819. The van der Waals surface area contributed by atoms with Crippen LogP contribution in [0.25, 0.3) is 0 Å². The second kappa shape index (κ2) is 6.89. The van der Waals surface area contributed by atoms with Crippen LogP contribution in [0.1, 0.15) is 43.4 Å². The molecule has 1 aliphatic carbocycles. The number of rotatable bonds is 5. The topological polar surface area (TPSA) is 63.8 Å². The van der Waals surface area contributed by atoms with Crippen LogP contribution in [0.15, 0.2) is 33.9 Å². The summed E-state index contributed by atoms with van der Waals surface area (Å²) in [4.78, 5) is 0. The van der Waals surface area contributed by atoms with Gasteiger partial charge in [-0.25, -0.2) is 4.68 Å². The number of thioether (sulfide) groups is 1. The van der Waals surface area contributed by atoms with Gasteiger partial charge in [0, 0.05) is 10.2 Å². The molecule has 1 fully saturated rings. The van der Waals surface area contributed by atoms with Crippen molar-refractivity contribution in [3.05, 3.63) is 34.3 Å². The highest BCUT2D eigenvalue weighted by Crippen LogP contribution is 2.32. The zero-order valence-corrected chi connectivity index (χ0v) is 13.9. The molecule has 1 N–H and O–H groups in total. The van der Waals surface area contributed by atoms with Crippen molar-refractivity contribution < 1.29 is 5.11 Å². The van der Waals surface area contributed by atoms with Gasteiger partial charge < -0.3 is 5.11 Å². The predicted molar refractivity (Wildman–Crippen MR) is 85.1 cm³/mol. The number of benzene rings is 1. The molecule has 0 saturated heterocycles. The summed E-state index contributed by atoms with van der Waals surface area (Å²) in [6.45, 7) is 0. The molecule has 7 heteroatoms. The maximum absolute atomic E-state index is 10.3. The van der Waals surface area contributed by atoms with Crippen molar-refractivity contribution in [3.8, 4) is 0 Å². The van der Waals surface area contributed by atoms with Crippen LogP contribution in [-0.2, 0) is 0 Å². The van der Waals surface area contributed by atoms with E-state index in [9.17, 15) is 5.11 Å². The molecule has 1 aromatic heterocycles. The third-order valence-electron chi connectivity index (χ3n) is 3.74. The number of halogens is 1. The summed E-state index contributed by atoms with van der Waals surface area (Å²) < 4.78 is 2.89. The Kier molecular flexibility index (Phi) is 4.92. The number of hydrogen-bond acceptors (Lipinski definition) is 5. The summed E-state index contributed by atoms with van der Waals surface area (Å²) in [6, 6.07) is 8.16. The van der Waals surface area contributed by atoms with Crippen molar-refractivity contribution >= 4 is 27.7 Å². The molecular weight excluding hydrogens is 352 g/mol. The molecule has 1 aromatic carbocycles. The fourth-order valence-corrected chi connectivity index (χ4v) is 3.95. The van der Waals surface area contributed by atoms with E-state index < -0.39 is 6.10 Å². The maximum atomic E-state index is 10.3.